The molecule has 0 aliphatic heterocycles. The van der Waals surface area contributed by atoms with Gasteiger partial charge in [0.2, 0.25) is 0 Å². The van der Waals surface area contributed by atoms with Gasteiger partial charge in [-0.1, -0.05) is 34.1 Å². The highest BCUT2D eigenvalue weighted by atomic mass is 79.9. The van der Waals surface area contributed by atoms with Crippen molar-refractivity contribution < 1.29 is 9.53 Å². The molecule has 0 spiro atoms. The number of ether oxygens (including phenoxy) is 1. The molecule has 0 fully saturated rings. The minimum Gasteiger partial charge on any atom is -0.462 e. The van der Waals surface area contributed by atoms with E-state index in [1.165, 1.54) is 0 Å². The minimum atomic E-state index is -0.283. The molecule has 0 aliphatic carbocycles. The van der Waals surface area contributed by atoms with E-state index in [0.29, 0.717) is 12.2 Å². The second kappa shape index (κ2) is 8.81. The van der Waals surface area contributed by atoms with Crippen LogP contribution in [-0.2, 0) is 4.74 Å². The fourth-order valence-corrected chi connectivity index (χ4v) is 2.46. The molecule has 118 valence electrons. The van der Waals surface area contributed by atoms with E-state index >= 15 is 0 Å². The zero-order valence-electron chi connectivity index (χ0n) is 12.5. The first-order chi connectivity index (χ1) is 10.1. The number of benzene rings is 2. The number of esters is 1. The number of hydrogen-bond donors (Lipinski definition) is 1. The average molecular weight is 385 g/mol. The number of anilines is 1. The van der Waals surface area contributed by atoms with Crippen molar-refractivity contribution >= 4 is 40.0 Å². The first kappa shape index (κ1) is 18.5. The van der Waals surface area contributed by atoms with Gasteiger partial charge in [-0.25, -0.2) is 4.79 Å². The molecule has 0 saturated carbocycles. The topological polar surface area (TPSA) is 38.3 Å². The third-order valence-electron chi connectivity index (χ3n) is 3.11. The number of hydrogen-bond acceptors (Lipinski definition) is 3. The van der Waals surface area contributed by atoms with Gasteiger partial charge in [0, 0.05) is 16.2 Å². The van der Waals surface area contributed by atoms with Crippen LogP contribution in [0.1, 0.15) is 35.8 Å². The predicted molar refractivity (Wildman–Crippen MR) is 95.8 cm³/mol. The fourth-order valence-electron chi connectivity index (χ4n) is 2.06. The molecular weight excluding hydrogens is 366 g/mol. The van der Waals surface area contributed by atoms with Gasteiger partial charge in [-0.15, -0.1) is 12.4 Å². The molecule has 1 N–H and O–H groups in total. The molecule has 0 aromatic heterocycles. The Morgan fingerprint density at radius 1 is 1.23 bits per heavy atom. The van der Waals surface area contributed by atoms with Crippen molar-refractivity contribution in [2.75, 3.05) is 11.9 Å². The monoisotopic (exact) mass is 383 g/mol. The number of carbonyl (C=O) groups is 1. The summed E-state index contributed by atoms with van der Waals surface area (Å²) in [5.74, 6) is -0.283. The maximum absolute atomic E-state index is 11.8. The highest BCUT2D eigenvalue weighted by Crippen LogP contribution is 2.22. The summed E-state index contributed by atoms with van der Waals surface area (Å²) in [6.45, 7) is 4.25. The second-order valence-corrected chi connectivity index (χ2v) is 5.64. The Morgan fingerprint density at radius 3 is 2.64 bits per heavy atom. The first-order valence-electron chi connectivity index (χ1n) is 6.89. The van der Waals surface area contributed by atoms with Gasteiger partial charge >= 0.3 is 5.97 Å². The molecule has 0 aliphatic rings. The fraction of sp³-hybridized carbons (Fsp3) is 0.235. The molecule has 0 bridgehead atoms. The van der Waals surface area contributed by atoms with E-state index in [4.69, 9.17) is 4.74 Å². The quantitative estimate of drug-likeness (QED) is 0.718. The molecule has 0 saturated heterocycles. The number of nitrogens with one attached hydrogen (secondary N) is 1. The molecular formula is C17H19BrClNO2. The van der Waals surface area contributed by atoms with Crippen LogP contribution in [0.15, 0.2) is 53.0 Å². The van der Waals surface area contributed by atoms with Gasteiger partial charge in [-0.3, -0.25) is 0 Å². The van der Waals surface area contributed by atoms with Crippen LogP contribution in [0.5, 0.6) is 0 Å². The molecule has 0 heterocycles. The molecule has 0 amide bonds. The van der Waals surface area contributed by atoms with Gasteiger partial charge in [0.05, 0.1) is 12.2 Å². The summed E-state index contributed by atoms with van der Waals surface area (Å²) >= 11 is 3.46. The van der Waals surface area contributed by atoms with E-state index in [-0.39, 0.29) is 24.4 Å². The lowest BCUT2D eigenvalue weighted by molar-refractivity contribution is 0.0526. The van der Waals surface area contributed by atoms with Crippen molar-refractivity contribution in [3.8, 4) is 0 Å². The lowest BCUT2D eigenvalue weighted by Gasteiger charge is -2.16. The van der Waals surface area contributed by atoms with E-state index in [9.17, 15) is 4.79 Å². The second-order valence-electron chi connectivity index (χ2n) is 4.72. The van der Waals surface area contributed by atoms with Gasteiger partial charge in [0.25, 0.3) is 0 Å². The van der Waals surface area contributed by atoms with Gasteiger partial charge in [-0.05, 0) is 49.7 Å². The van der Waals surface area contributed by atoms with Crippen molar-refractivity contribution in [3.05, 3.63) is 64.1 Å². The smallest absolute Gasteiger partial charge is 0.338 e. The van der Waals surface area contributed by atoms with E-state index < -0.39 is 0 Å². The van der Waals surface area contributed by atoms with Crippen LogP contribution in [0.25, 0.3) is 0 Å². The molecule has 0 radical (unpaired) electrons. The minimum absolute atomic E-state index is 0. The largest absolute Gasteiger partial charge is 0.462 e. The standard InChI is InChI=1S/C17H18BrNO2.ClH/c1-3-21-17(20)14-7-4-6-13(10-14)12(2)19-16-9-5-8-15(18)11-16;/h4-12,19H,3H2,1-2H3;1H. The van der Waals surface area contributed by atoms with Crippen LogP contribution in [-0.4, -0.2) is 12.6 Å². The van der Waals surface area contributed by atoms with Crippen molar-refractivity contribution in [1.82, 2.24) is 0 Å². The van der Waals surface area contributed by atoms with Crippen LogP contribution in [0.4, 0.5) is 5.69 Å². The summed E-state index contributed by atoms with van der Waals surface area (Å²) in [4.78, 5) is 11.8. The third kappa shape index (κ3) is 5.04. The molecule has 22 heavy (non-hydrogen) atoms. The average Bonchev–Trinajstić information content (AvgIpc) is 2.47. The lowest BCUT2D eigenvalue weighted by atomic mass is 10.0. The summed E-state index contributed by atoms with van der Waals surface area (Å²) in [6.07, 6.45) is 0. The summed E-state index contributed by atoms with van der Waals surface area (Å²) in [5.41, 5.74) is 2.65. The number of halogens is 2. The Balaban J connectivity index is 0.00000242. The summed E-state index contributed by atoms with van der Waals surface area (Å²) in [7, 11) is 0. The van der Waals surface area contributed by atoms with E-state index in [2.05, 4.69) is 28.2 Å². The Hall–Kier alpha value is -1.52. The third-order valence-corrected chi connectivity index (χ3v) is 3.60. The Labute approximate surface area is 145 Å². The Kier molecular flexibility index (Phi) is 7.42. The summed E-state index contributed by atoms with van der Waals surface area (Å²) in [6, 6.07) is 15.6. The molecule has 2 rings (SSSR count). The maximum atomic E-state index is 11.8. The van der Waals surface area contributed by atoms with Gasteiger partial charge in [0.1, 0.15) is 0 Å². The predicted octanol–water partition coefficient (Wildman–Crippen LogP) is 5.22. The lowest BCUT2D eigenvalue weighted by Crippen LogP contribution is -2.09. The zero-order chi connectivity index (χ0) is 15.2. The van der Waals surface area contributed by atoms with Crippen molar-refractivity contribution in [3.63, 3.8) is 0 Å². The highest BCUT2D eigenvalue weighted by Gasteiger charge is 2.10. The number of rotatable bonds is 5. The van der Waals surface area contributed by atoms with E-state index in [1.807, 2.05) is 42.5 Å². The molecule has 1 atom stereocenters. The zero-order valence-corrected chi connectivity index (χ0v) is 14.9. The molecule has 2 aromatic rings. The Bertz CT molecular complexity index is 634. The first-order valence-corrected chi connectivity index (χ1v) is 7.68. The molecule has 5 heteroatoms. The summed E-state index contributed by atoms with van der Waals surface area (Å²) in [5, 5.41) is 3.42. The molecule has 3 nitrogen and oxygen atoms in total. The van der Waals surface area contributed by atoms with Crippen molar-refractivity contribution in [1.29, 1.82) is 0 Å². The maximum Gasteiger partial charge on any atom is 0.338 e. The van der Waals surface area contributed by atoms with Crippen LogP contribution in [0.3, 0.4) is 0 Å². The van der Waals surface area contributed by atoms with Crippen LogP contribution in [0, 0.1) is 0 Å². The highest BCUT2D eigenvalue weighted by molar-refractivity contribution is 9.10. The normalized spacial score (nSPS) is 11.2. The van der Waals surface area contributed by atoms with Gasteiger partial charge in [-0.2, -0.15) is 0 Å². The molecule has 2 aromatic carbocycles. The molecule has 1 unspecified atom stereocenters. The van der Waals surface area contributed by atoms with Crippen LogP contribution >= 0.6 is 28.3 Å². The van der Waals surface area contributed by atoms with Crippen LogP contribution < -0.4 is 5.32 Å². The van der Waals surface area contributed by atoms with E-state index in [1.54, 1.807) is 13.0 Å². The summed E-state index contributed by atoms with van der Waals surface area (Å²) < 4.78 is 6.06. The Morgan fingerprint density at radius 2 is 1.95 bits per heavy atom. The van der Waals surface area contributed by atoms with E-state index in [0.717, 1.165) is 15.7 Å². The van der Waals surface area contributed by atoms with Crippen molar-refractivity contribution in [2.24, 2.45) is 0 Å². The van der Waals surface area contributed by atoms with Gasteiger partial charge in [0.15, 0.2) is 0 Å². The number of carbonyl (C=O) groups excluding carboxylic acids is 1. The van der Waals surface area contributed by atoms with Gasteiger partial charge < -0.3 is 10.1 Å². The SMILES string of the molecule is CCOC(=O)c1cccc(C(C)Nc2cccc(Br)c2)c1.Cl. The van der Waals surface area contributed by atoms with Crippen LogP contribution in [0.2, 0.25) is 0 Å². The van der Waals surface area contributed by atoms with Crippen molar-refractivity contribution in [2.45, 2.75) is 19.9 Å².